The van der Waals surface area contributed by atoms with Gasteiger partial charge in [-0.3, -0.25) is 4.79 Å². The van der Waals surface area contributed by atoms with E-state index in [-0.39, 0.29) is 11.5 Å². The third kappa shape index (κ3) is 8.30. The first-order chi connectivity index (χ1) is 32.3. The minimum absolute atomic E-state index is 0.0237. The fourth-order valence-corrected chi connectivity index (χ4v) is 9.80. The number of hydrogen-bond donors (Lipinski definition) is 0. The summed E-state index contributed by atoms with van der Waals surface area (Å²) < 4.78 is 308. The zero-order valence-corrected chi connectivity index (χ0v) is 34.5. The Hall–Kier alpha value is -6.98. The quantitative estimate of drug-likeness (QED) is 0.0361. The van der Waals surface area contributed by atoms with Crippen LogP contribution < -0.4 is 21.9 Å². The molecule has 0 N–H and O–H groups in total. The molecule has 24 heteroatoms. The lowest BCUT2D eigenvalue weighted by Gasteiger charge is -2.44. The summed E-state index contributed by atoms with van der Waals surface area (Å²) in [5.74, 6) is -71.5. The van der Waals surface area contributed by atoms with Gasteiger partial charge in [0.25, 0.3) is 0 Å². The molecular weight excluding hydrogens is 995 g/mol. The third-order valence-corrected chi connectivity index (χ3v) is 13.4. The number of carbonyl (C=O) groups is 1. The zero-order chi connectivity index (χ0) is 51.3. The molecule has 7 aromatic carbocycles. The van der Waals surface area contributed by atoms with E-state index in [0.717, 1.165) is 5.56 Å². The second-order valence-corrected chi connectivity index (χ2v) is 17.1. The summed E-state index contributed by atoms with van der Waals surface area (Å²) in [5, 5.41) is 0. The van der Waals surface area contributed by atoms with E-state index in [9.17, 15) is 61.7 Å². The number of carbonyl (C=O) groups excluding carboxylic acids is 1. The van der Waals surface area contributed by atoms with Crippen LogP contribution in [0, 0.1) is 123 Å². The van der Waals surface area contributed by atoms with Crippen LogP contribution in [0.3, 0.4) is 0 Å². The van der Waals surface area contributed by atoms with Crippen molar-refractivity contribution in [3.63, 3.8) is 0 Å². The Morgan fingerprint density at radius 1 is 0.348 bits per heavy atom. The first-order valence-electron chi connectivity index (χ1n) is 18.7. The highest BCUT2D eigenvalue weighted by atomic mass is 32.2. The summed E-state index contributed by atoms with van der Waals surface area (Å²) >= 11 is 0. The Morgan fingerprint density at radius 3 is 0.797 bits per heavy atom. The van der Waals surface area contributed by atoms with Crippen LogP contribution in [0.5, 0.6) is 0 Å². The van der Waals surface area contributed by atoms with Gasteiger partial charge in [0.15, 0.2) is 95.3 Å². The van der Waals surface area contributed by atoms with Gasteiger partial charge in [-0.15, -0.1) is 21.9 Å². The van der Waals surface area contributed by atoms with E-state index in [2.05, 4.69) is 0 Å². The number of benzene rings is 7. The van der Waals surface area contributed by atoms with E-state index in [0.29, 0.717) is 15.4 Å². The number of rotatable bonds is 9. The normalized spacial score (nSPS) is 11.7. The van der Waals surface area contributed by atoms with E-state index in [1.54, 1.807) is 12.1 Å². The van der Waals surface area contributed by atoms with Gasteiger partial charge in [-0.05, 0) is 31.2 Å². The molecule has 0 heterocycles. The van der Waals surface area contributed by atoms with Gasteiger partial charge >= 0.3 is 0 Å². The molecule has 0 aliphatic heterocycles. The topological polar surface area (TPSA) is 34.1 Å². The van der Waals surface area contributed by atoms with Gasteiger partial charge in [0.1, 0.15) is 52.7 Å². The van der Waals surface area contributed by atoms with Crippen LogP contribution in [-0.2, 0) is 14.1 Å². The molecule has 2 nitrogen and oxygen atoms in total. The van der Waals surface area contributed by atoms with Gasteiger partial charge in [-0.2, -0.15) is 0 Å². The Balaban J connectivity index is 0.000000273. The molecule has 0 aliphatic carbocycles. The number of Topliss-reactive ketones (excluding diaryl/α,β-unsaturated/α-hetero) is 1. The van der Waals surface area contributed by atoms with Gasteiger partial charge in [-0.1, -0.05) is 70.4 Å². The fraction of sp³-hybridized carbons (Fsp3) is 0.0444. The van der Waals surface area contributed by atoms with E-state index in [1.165, 1.54) is 0 Å². The largest absolute Gasteiger partial charge is 0.289 e. The molecule has 0 bridgehead atoms. The summed E-state index contributed by atoms with van der Waals surface area (Å²) in [6.45, 7) is 1.98. The van der Waals surface area contributed by atoms with Crippen molar-refractivity contribution in [2.24, 2.45) is 0 Å². The van der Waals surface area contributed by atoms with Crippen molar-refractivity contribution in [1.29, 1.82) is 0 Å². The Morgan fingerprint density at radius 2 is 0.565 bits per heavy atom. The van der Waals surface area contributed by atoms with E-state index < -0.39 is 154 Å². The molecule has 0 aromatic heterocycles. The lowest BCUT2D eigenvalue weighted by molar-refractivity contribution is 0.102. The van der Waals surface area contributed by atoms with E-state index in [4.69, 9.17) is 0 Å². The van der Waals surface area contributed by atoms with Crippen LogP contribution >= 0.6 is 0 Å². The van der Waals surface area contributed by atoms with Crippen LogP contribution in [0.15, 0.2) is 94.7 Å². The molecule has 7 aromatic rings. The first kappa shape index (κ1) is 51.4. The van der Waals surface area contributed by atoms with Crippen LogP contribution in [0.25, 0.3) is 0 Å². The SMILES string of the molecule is Cc1ccc(C(=O)C[S+](=O)(c2ccccc2)c2ccccc2)cc1.Fc1c(F)c(F)c([B-](c2c(F)c(F)c(F)c(F)c2F)(c2c(F)c(F)c(F)c(F)c2F)c2c(F)c(F)c(F)c(F)c2F)c(F)c1F. The zero-order valence-electron chi connectivity index (χ0n) is 33.7. The lowest BCUT2D eigenvalue weighted by Crippen LogP contribution is -2.81. The molecular formula is C45H19BF20O2S. The minimum atomic E-state index is -7.22. The second kappa shape index (κ2) is 19.2. The van der Waals surface area contributed by atoms with Gasteiger partial charge in [0.05, 0.1) is 0 Å². The molecule has 0 unspecified atom stereocenters. The maximum atomic E-state index is 15.4. The van der Waals surface area contributed by atoms with Gasteiger partial charge in [0, 0.05) is 5.56 Å². The molecule has 0 saturated carbocycles. The highest BCUT2D eigenvalue weighted by molar-refractivity contribution is 8.03. The molecule has 69 heavy (non-hydrogen) atoms. The van der Waals surface area contributed by atoms with Crippen LogP contribution in [0.4, 0.5) is 87.8 Å². The monoisotopic (exact) mass is 1010 g/mol. The van der Waals surface area contributed by atoms with Crippen molar-refractivity contribution < 1.29 is 96.8 Å². The standard InChI is InChI=1S/C24BF20.C21H19O2S/c26-5-1(6(27)14(35)21(42)13(5)34)25(2-7(28)15(36)22(43)16(37)8(2)29,3-9(30)17(38)23(44)18(39)10(3)31)4-11(32)19(40)24(45)20(41)12(4)33;1-17-12-14-18(15-13-17)21(22)16-24(23,19-8-4-2-5-9-19)20-10-6-3-7-11-20/h;2-15H,16H2,1H3/q-1;+1. The highest BCUT2D eigenvalue weighted by Gasteiger charge is 2.52. The third-order valence-electron chi connectivity index (χ3n) is 10.7. The smallest absolute Gasteiger partial charge is 0.212 e. The van der Waals surface area contributed by atoms with Crippen LogP contribution in [0.1, 0.15) is 15.9 Å². The average Bonchev–Trinajstić information content (AvgIpc) is 3.34. The van der Waals surface area contributed by atoms with Gasteiger partial charge in [-0.25, -0.2) is 87.8 Å². The predicted octanol–water partition coefficient (Wildman–Crippen LogP) is 10.6. The molecule has 0 spiro atoms. The average molecular weight is 1010 g/mol. The summed E-state index contributed by atoms with van der Waals surface area (Å²) in [5.41, 5.74) is -12.6. The van der Waals surface area contributed by atoms with Crippen LogP contribution in [-0.4, -0.2) is 17.7 Å². The van der Waals surface area contributed by atoms with Gasteiger partial charge < -0.3 is 0 Å². The number of aryl methyl sites for hydroxylation is 1. The molecule has 0 radical (unpaired) electrons. The molecule has 0 amide bonds. The Labute approximate surface area is 374 Å². The molecule has 360 valence electrons. The molecule has 0 saturated heterocycles. The van der Waals surface area contributed by atoms with Crippen molar-refractivity contribution in [2.75, 3.05) is 5.75 Å². The van der Waals surface area contributed by atoms with Crippen molar-refractivity contribution in [1.82, 2.24) is 0 Å². The highest BCUT2D eigenvalue weighted by Crippen LogP contribution is 2.32. The molecule has 0 fully saturated rings. The van der Waals surface area contributed by atoms with Crippen molar-refractivity contribution in [2.45, 2.75) is 16.7 Å². The van der Waals surface area contributed by atoms with Crippen molar-refractivity contribution in [3.05, 3.63) is 212 Å². The minimum Gasteiger partial charge on any atom is -0.289 e. The number of halogens is 20. The fourth-order valence-electron chi connectivity index (χ4n) is 7.47. The maximum absolute atomic E-state index is 15.4. The second-order valence-electron chi connectivity index (χ2n) is 14.5. The van der Waals surface area contributed by atoms with E-state index in [1.807, 2.05) is 79.7 Å². The summed E-state index contributed by atoms with van der Waals surface area (Å²) in [4.78, 5) is 14.1. The maximum Gasteiger partial charge on any atom is 0.212 e. The summed E-state index contributed by atoms with van der Waals surface area (Å²) in [6.07, 6.45) is -7.22. The first-order valence-corrected chi connectivity index (χ1v) is 20.5. The lowest BCUT2D eigenvalue weighted by atomic mass is 9.12. The summed E-state index contributed by atoms with van der Waals surface area (Å²) in [7, 11) is -2.65. The molecule has 7 rings (SSSR count). The molecule has 0 atom stereocenters. The Kier molecular flexibility index (Phi) is 14.3. The van der Waals surface area contributed by atoms with Gasteiger partial charge in [0.2, 0.25) is 5.78 Å². The van der Waals surface area contributed by atoms with Crippen molar-refractivity contribution >= 4 is 43.7 Å². The Bertz CT molecular complexity index is 2820. The van der Waals surface area contributed by atoms with Crippen LogP contribution in [0.2, 0.25) is 0 Å². The van der Waals surface area contributed by atoms with Crippen molar-refractivity contribution in [3.8, 4) is 0 Å². The number of ketones is 1. The van der Waals surface area contributed by atoms with E-state index >= 15 is 35.1 Å². The predicted molar refractivity (Wildman–Crippen MR) is 207 cm³/mol. The number of hydrogen-bond acceptors (Lipinski definition) is 2. The molecule has 0 aliphatic rings. The summed E-state index contributed by atoms with van der Waals surface area (Å²) in [6, 6.07) is 25.9.